The lowest BCUT2D eigenvalue weighted by molar-refractivity contribution is -0.139. The van der Waals surface area contributed by atoms with Crippen LogP contribution in [0.4, 0.5) is 16.3 Å². The van der Waals surface area contributed by atoms with Gasteiger partial charge in [0, 0.05) is 25.7 Å². The SMILES string of the molecule is COC(=O)Nc1cnc(N2CCC[C@]3(CCN(C4CCC(O)CC4)C3=O)C2)c(C)c1. The minimum Gasteiger partial charge on any atom is -0.453 e. The number of piperidine rings is 1. The van der Waals surface area contributed by atoms with Crippen LogP contribution in [0.25, 0.3) is 0 Å². The standard InChI is InChI=1S/C22H32N4O4/c1-15-12-16(24-21(29)30-2)13-23-19(15)25-10-3-8-22(14-25)9-11-26(20(22)28)17-4-6-18(27)7-5-17/h12-13,17-18,27H,3-11,14H2,1-2H3,(H,24,29)/t17?,18?,22-/m0/s1. The molecule has 1 aromatic rings. The minimum absolute atomic E-state index is 0.205. The zero-order valence-electron chi connectivity index (χ0n) is 17.9. The average Bonchev–Trinajstić information content (AvgIpc) is 3.04. The summed E-state index contributed by atoms with van der Waals surface area (Å²) in [6.45, 7) is 4.36. The van der Waals surface area contributed by atoms with Gasteiger partial charge < -0.3 is 19.6 Å². The lowest BCUT2D eigenvalue weighted by atomic mass is 9.78. The number of aliphatic hydroxyl groups excluding tert-OH is 1. The molecule has 0 radical (unpaired) electrons. The number of aliphatic hydroxyl groups is 1. The van der Waals surface area contributed by atoms with Gasteiger partial charge in [0.1, 0.15) is 5.82 Å². The van der Waals surface area contributed by atoms with Crippen LogP contribution in [0.1, 0.15) is 50.5 Å². The number of aromatic nitrogens is 1. The number of rotatable bonds is 3. The number of methoxy groups -OCH3 is 1. The van der Waals surface area contributed by atoms with E-state index in [1.54, 1.807) is 6.20 Å². The molecule has 0 bridgehead atoms. The van der Waals surface area contributed by atoms with Crippen molar-refractivity contribution < 1.29 is 19.4 Å². The molecule has 0 unspecified atom stereocenters. The fourth-order valence-electron chi connectivity index (χ4n) is 5.39. The second-order valence-corrected chi connectivity index (χ2v) is 9.00. The van der Waals surface area contributed by atoms with Gasteiger partial charge in [0.15, 0.2) is 0 Å². The monoisotopic (exact) mass is 416 g/mol. The molecule has 1 atom stereocenters. The van der Waals surface area contributed by atoms with Crippen molar-refractivity contribution in [3.05, 3.63) is 17.8 Å². The van der Waals surface area contributed by atoms with Crippen LogP contribution >= 0.6 is 0 Å². The third-order valence-electron chi connectivity index (χ3n) is 7.01. The first-order valence-electron chi connectivity index (χ1n) is 11.0. The summed E-state index contributed by atoms with van der Waals surface area (Å²) in [5.41, 5.74) is 1.23. The Bertz CT molecular complexity index is 808. The van der Waals surface area contributed by atoms with Crippen LogP contribution < -0.4 is 10.2 Å². The largest absolute Gasteiger partial charge is 0.453 e. The average molecular weight is 417 g/mol. The molecule has 8 heteroatoms. The van der Waals surface area contributed by atoms with Crippen LogP contribution in [-0.2, 0) is 9.53 Å². The lowest BCUT2D eigenvalue weighted by Crippen LogP contribution is -2.50. The van der Waals surface area contributed by atoms with E-state index in [0.29, 0.717) is 12.2 Å². The van der Waals surface area contributed by atoms with Gasteiger partial charge in [-0.2, -0.15) is 0 Å². The fourth-order valence-corrected chi connectivity index (χ4v) is 5.39. The van der Waals surface area contributed by atoms with Crippen LogP contribution in [0.3, 0.4) is 0 Å². The van der Waals surface area contributed by atoms with E-state index in [4.69, 9.17) is 0 Å². The van der Waals surface area contributed by atoms with Gasteiger partial charge in [0.25, 0.3) is 0 Å². The minimum atomic E-state index is -0.521. The Morgan fingerprint density at radius 3 is 2.73 bits per heavy atom. The second-order valence-electron chi connectivity index (χ2n) is 9.00. The van der Waals surface area contributed by atoms with Gasteiger partial charge in [-0.1, -0.05) is 0 Å². The molecule has 1 aliphatic carbocycles. The van der Waals surface area contributed by atoms with Crippen molar-refractivity contribution in [2.24, 2.45) is 5.41 Å². The summed E-state index contributed by atoms with van der Waals surface area (Å²) in [6, 6.07) is 2.16. The Balaban J connectivity index is 1.47. The first-order valence-corrected chi connectivity index (χ1v) is 11.0. The Hall–Kier alpha value is -2.35. The van der Waals surface area contributed by atoms with Crippen molar-refractivity contribution in [1.29, 1.82) is 0 Å². The Kier molecular flexibility index (Phi) is 5.86. The third-order valence-corrected chi connectivity index (χ3v) is 7.01. The van der Waals surface area contributed by atoms with E-state index in [2.05, 4.69) is 24.8 Å². The van der Waals surface area contributed by atoms with Crippen LogP contribution in [0.5, 0.6) is 0 Å². The zero-order valence-corrected chi connectivity index (χ0v) is 17.9. The highest BCUT2D eigenvalue weighted by Crippen LogP contribution is 2.43. The molecular weight excluding hydrogens is 384 g/mol. The quantitative estimate of drug-likeness (QED) is 0.787. The predicted octanol–water partition coefficient (Wildman–Crippen LogP) is 2.69. The van der Waals surface area contributed by atoms with Crippen molar-refractivity contribution >= 4 is 23.5 Å². The highest BCUT2D eigenvalue weighted by atomic mass is 16.5. The van der Waals surface area contributed by atoms with Gasteiger partial charge in [-0.05, 0) is 63.5 Å². The Labute approximate surface area is 177 Å². The van der Waals surface area contributed by atoms with E-state index in [0.717, 1.165) is 69.4 Å². The highest BCUT2D eigenvalue weighted by Gasteiger charge is 2.50. The van der Waals surface area contributed by atoms with Crippen molar-refractivity contribution in [3.8, 4) is 0 Å². The van der Waals surface area contributed by atoms with Gasteiger partial charge in [0.2, 0.25) is 5.91 Å². The Morgan fingerprint density at radius 2 is 2.03 bits per heavy atom. The van der Waals surface area contributed by atoms with Gasteiger partial charge in [0.05, 0.1) is 30.5 Å². The number of hydrogen-bond acceptors (Lipinski definition) is 6. The van der Waals surface area contributed by atoms with Crippen LogP contribution in [-0.4, -0.2) is 65.9 Å². The Morgan fingerprint density at radius 1 is 1.27 bits per heavy atom. The number of likely N-dealkylation sites (tertiary alicyclic amines) is 1. The number of amides is 2. The van der Waals surface area contributed by atoms with E-state index in [1.807, 2.05) is 13.0 Å². The summed E-state index contributed by atoms with van der Waals surface area (Å²) in [7, 11) is 1.33. The number of hydrogen-bond donors (Lipinski definition) is 2. The van der Waals surface area contributed by atoms with Crippen LogP contribution in [0.2, 0.25) is 0 Å². The summed E-state index contributed by atoms with van der Waals surface area (Å²) < 4.78 is 4.64. The normalized spacial score (nSPS) is 29.4. The van der Waals surface area contributed by atoms with Gasteiger partial charge in [-0.15, -0.1) is 0 Å². The fraction of sp³-hybridized carbons (Fsp3) is 0.682. The van der Waals surface area contributed by atoms with Crippen molar-refractivity contribution in [3.63, 3.8) is 0 Å². The van der Waals surface area contributed by atoms with Gasteiger partial charge in [-0.25, -0.2) is 9.78 Å². The molecule has 3 fully saturated rings. The molecule has 2 amide bonds. The number of anilines is 2. The van der Waals surface area contributed by atoms with E-state index >= 15 is 0 Å². The molecule has 3 aliphatic rings. The molecule has 1 aromatic heterocycles. The summed E-state index contributed by atoms with van der Waals surface area (Å²) in [5.74, 6) is 1.16. The van der Waals surface area contributed by atoms with Crippen molar-refractivity contribution in [2.45, 2.75) is 64.0 Å². The summed E-state index contributed by atoms with van der Waals surface area (Å²) in [4.78, 5) is 33.8. The van der Waals surface area contributed by atoms with Gasteiger partial charge in [-0.3, -0.25) is 10.1 Å². The van der Waals surface area contributed by atoms with Crippen LogP contribution in [0.15, 0.2) is 12.3 Å². The molecule has 0 aromatic carbocycles. The number of carbonyl (C=O) groups is 2. The molecule has 1 spiro atoms. The van der Waals surface area contributed by atoms with Gasteiger partial charge >= 0.3 is 6.09 Å². The number of nitrogens with one attached hydrogen (secondary N) is 1. The summed E-state index contributed by atoms with van der Waals surface area (Å²) in [6.07, 6.45) is 7.09. The number of aryl methyl sites for hydroxylation is 1. The number of nitrogens with zero attached hydrogens (tertiary/aromatic N) is 3. The first kappa shape index (κ1) is 20.9. The smallest absolute Gasteiger partial charge is 0.411 e. The highest BCUT2D eigenvalue weighted by molar-refractivity contribution is 5.86. The molecular formula is C22H32N4O4. The number of carbonyl (C=O) groups excluding carboxylic acids is 2. The summed E-state index contributed by atoms with van der Waals surface area (Å²) >= 11 is 0. The molecule has 8 nitrogen and oxygen atoms in total. The number of pyridine rings is 1. The molecule has 3 heterocycles. The lowest BCUT2D eigenvalue weighted by Gasteiger charge is -2.41. The van der Waals surface area contributed by atoms with Crippen molar-refractivity contribution in [1.82, 2.24) is 9.88 Å². The van der Waals surface area contributed by atoms with E-state index in [9.17, 15) is 14.7 Å². The first-order chi connectivity index (χ1) is 14.4. The zero-order chi connectivity index (χ0) is 21.3. The van der Waals surface area contributed by atoms with Crippen LogP contribution in [0, 0.1) is 12.3 Å². The molecule has 1 saturated carbocycles. The maximum absolute atomic E-state index is 13.5. The van der Waals surface area contributed by atoms with E-state index < -0.39 is 6.09 Å². The molecule has 2 N–H and O–H groups in total. The molecule has 30 heavy (non-hydrogen) atoms. The maximum Gasteiger partial charge on any atom is 0.411 e. The molecule has 2 aliphatic heterocycles. The molecule has 164 valence electrons. The maximum atomic E-state index is 13.5. The topological polar surface area (TPSA) is 95.0 Å². The number of ether oxygens (including phenoxy) is 1. The van der Waals surface area contributed by atoms with E-state index in [1.165, 1.54) is 7.11 Å². The molecule has 2 saturated heterocycles. The van der Waals surface area contributed by atoms with Crippen molar-refractivity contribution in [2.75, 3.05) is 37.0 Å². The predicted molar refractivity (Wildman–Crippen MR) is 113 cm³/mol. The van der Waals surface area contributed by atoms with E-state index in [-0.39, 0.29) is 23.5 Å². The molecule has 4 rings (SSSR count). The third kappa shape index (κ3) is 3.97. The summed E-state index contributed by atoms with van der Waals surface area (Å²) in [5, 5.41) is 12.4. The second kappa shape index (κ2) is 8.41.